The number of benzene rings is 2. The summed E-state index contributed by atoms with van der Waals surface area (Å²) in [4.78, 5) is 16.9. The second kappa shape index (κ2) is 7.39. The van der Waals surface area contributed by atoms with E-state index >= 15 is 0 Å². The Morgan fingerprint density at radius 3 is 2.42 bits per heavy atom. The summed E-state index contributed by atoms with van der Waals surface area (Å²) < 4.78 is 5.16. The van der Waals surface area contributed by atoms with Crippen LogP contribution in [0.2, 0.25) is 0 Å². The topological polar surface area (TPSA) is 32.8 Å². The predicted molar refractivity (Wildman–Crippen MR) is 96.5 cm³/mol. The van der Waals surface area contributed by atoms with Gasteiger partial charge in [-0.2, -0.15) is 0 Å². The first-order chi connectivity index (χ1) is 11.7. The maximum Gasteiger partial charge on any atom is 0.227 e. The quantitative estimate of drug-likeness (QED) is 0.867. The monoisotopic (exact) mass is 324 g/mol. The second-order valence-electron chi connectivity index (χ2n) is 6.24. The van der Waals surface area contributed by atoms with Crippen molar-refractivity contribution in [1.82, 2.24) is 4.90 Å². The lowest BCUT2D eigenvalue weighted by Gasteiger charge is -2.41. The molecule has 3 rings (SSSR count). The largest absolute Gasteiger partial charge is 0.497 e. The molecule has 1 saturated heterocycles. The molecular weight excluding hydrogens is 300 g/mol. The minimum absolute atomic E-state index is 0.194. The van der Waals surface area contributed by atoms with Crippen molar-refractivity contribution < 1.29 is 9.53 Å². The van der Waals surface area contributed by atoms with E-state index in [1.165, 1.54) is 5.69 Å². The Balaban J connectivity index is 1.59. The number of hydrogen-bond donors (Lipinski definition) is 0. The molecule has 1 heterocycles. The van der Waals surface area contributed by atoms with E-state index in [4.69, 9.17) is 4.74 Å². The number of ether oxygens (including phenoxy) is 1. The molecule has 0 radical (unpaired) electrons. The van der Waals surface area contributed by atoms with Crippen LogP contribution in [0.4, 0.5) is 5.69 Å². The summed E-state index contributed by atoms with van der Waals surface area (Å²) in [6.07, 6.45) is 0.446. The van der Waals surface area contributed by atoms with Gasteiger partial charge in [0.15, 0.2) is 0 Å². The lowest BCUT2D eigenvalue weighted by atomic mass is 10.1. The second-order valence-corrected chi connectivity index (χ2v) is 6.24. The molecule has 2 aromatic rings. The van der Waals surface area contributed by atoms with Crippen LogP contribution in [0.5, 0.6) is 5.75 Å². The molecule has 126 valence electrons. The first-order valence-electron chi connectivity index (χ1n) is 8.40. The molecule has 0 bridgehead atoms. The van der Waals surface area contributed by atoms with Crippen LogP contribution in [0.3, 0.4) is 0 Å². The summed E-state index contributed by atoms with van der Waals surface area (Å²) >= 11 is 0. The van der Waals surface area contributed by atoms with Gasteiger partial charge in [0.2, 0.25) is 5.91 Å². The van der Waals surface area contributed by atoms with Gasteiger partial charge in [0.1, 0.15) is 5.75 Å². The number of hydrogen-bond acceptors (Lipinski definition) is 3. The highest BCUT2D eigenvalue weighted by Crippen LogP contribution is 2.21. The highest BCUT2D eigenvalue weighted by molar-refractivity contribution is 5.79. The summed E-state index contributed by atoms with van der Waals surface area (Å²) in [5, 5.41) is 0. The van der Waals surface area contributed by atoms with E-state index in [-0.39, 0.29) is 5.91 Å². The molecule has 2 aromatic carbocycles. The molecule has 0 N–H and O–H groups in total. The Morgan fingerprint density at radius 1 is 1.08 bits per heavy atom. The van der Waals surface area contributed by atoms with Crippen LogP contribution in [-0.2, 0) is 11.2 Å². The molecule has 1 aliphatic heterocycles. The Bertz CT molecular complexity index is 670. The normalized spacial score (nSPS) is 17.7. The van der Waals surface area contributed by atoms with Crippen molar-refractivity contribution >= 4 is 11.6 Å². The van der Waals surface area contributed by atoms with Gasteiger partial charge >= 0.3 is 0 Å². The van der Waals surface area contributed by atoms with E-state index in [0.717, 1.165) is 30.9 Å². The molecule has 1 fully saturated rings. The van der Waals surface area contributed by atoms with Crippen LogP contribution < -0.4 is 9.64 Å². The third kappa shape index (κ3) is 3.70. The van der Waals surface area contributed by atoms with Crippen LogP contribution in [0.15, 0.2) is 54.6 Å². The molecule has 1 aliphatic rings. The fourth-order valence-electron chi connectivity index (χ4n) is 3.22. The molecule has 1 unspecified atom stereocenters. The average Bonchev–Trinajstić information content (AvgIpc) is 2.63. The van der Waals surface area contributed by atoms with Gasteiger partial charge in [-0.3, -0.25) is 4.79 Å². The molecule has 24 heavy (non-hydrogen) atoms. The van der Waals surface area contributed by atoms with Gasteiger partial charge in [-0.25, -0.2) is 0 Å². The first-order valence-corrected chi connectivity index (χ1v) is 8.40. The van der Waals surface area contributed by atoms with Gasteiger partial charge < -0.3 is 14.5 Å². The van der Waals surface area contributed by atoms with E-state index < -0.39 is 0 Å². The molecule has 1 atom stereocenters. The summed E-state index contributed by atoms with van der Waals surface area (Å²) in [6.45, 7) is 4.59. The fraction of sp³-hybridized carbons (Fsp3) is 0.350. The van der Waals surface area contributed by atoms with Crippen LogP contribution in [-0.4, -0.2) is 43.6 Å². The number of methoxy groups -OCH3 is 1. The SMILES string of the molecule is COc1ccc(CC(=O)N2CCN(c3ccccc3)C(C)C2)cc1. The third-order valence-corrected chi connectivity index (χ3v) is 4.58. The van der Waals surface area contributed by atoms with E-state index in [9.17, 15) is 4.79 Å². The fourth-order valence-corrected chi connectivity index (χ4v) is 3.22. The van der Waals surface area contributed by atoms with Gasteiger partial charge in [0.05, 0.1) is 13.5 Å². The lowest BCUT2D eigenvalue weighted by Crippen LogP contribution is -2.54. The number of carbonyl (C=O) groups is 1. The Morgan fingerprint density at radius 2 is 1.79 bits per heavy atom. The molecule has 4 nitrogen and oxygen atoms in total. The van der Waals surface area contributed by atoms with E-state index in [1.807, 2.05) is 35.2 Å². The van der Waals surface area contributed by atoms with Crippen molar-refractivity contribution in [2.24, 2.45) is 0 Å². The number of rotatable bonds is 4. The number of anilines is 1. The van der Waals surface area contributed by atoms with Gasteiger partial charge in [-0.1, -0.05) is 30.3 Å². The molecule has 4 heteroatoms. The van der Waals surface area contributed by atoms with Crippen molar-refractivity contribution in [1.29, 1.82) is 0 Å². The number of carbonyl (C=O) groups excluding carboxylic acids is 1. The Hall–Kier alpha value is -2.49. The van der Waals surface area contributed by atoms with Crippen molar-refractivity contribution in [3.63, 3.8) is 0 Å². The zero-order chi connectivity index (χ0) is 16.9. The number of para-hydroxylation sites is 1. The number of nitrogens with zero attached hydrogens (tertiary/aromatic N) is 2. The molecule has 0 spiro atoms. The zero-order valence-corrected chi connectivity index (χ0v) is 14.3. The molecule has 0 aromatic heterocycles. The third-order valence-electron chi connectivity index (χ3n) is 4.58. The summed E-state index contributed by atoms with van der Waals surface area (Å²) in [5.41, 5.74) is 2.26. The Kier molecular flexibility index (Phi) is 5.04. The van der Waals surface area contributed by atoms with Crippen LogP contribution in [0.1, 0.15) is 12.5 Å². The summed E-state index contributed by atoms with van der Waals surface area (Å²) in [7, 11) is 1.65. The number of amides is 1. The van der Waals surface area contributed by atoms with E-state index in [0.29, 0.717) is 12.5 Å². The standard InChI is InChI=1S/C20H24N2O2/c1-16-15-21(12-13-22(16)18-6-4-3-5-7-18)20(23)14-17-8-10-19(24-2)11-9-17/h3-11,16H,12-15H2,1-2H3. The van der Waals surface area contributed by atoms with Crippen LogP contribution >= 0.6 is 0 Å². The molecule has 0 saturated carbocycles. The predicted octanol–water partition coefficient (Wildman–Crippen LogP) is 2.98. The smallest absolute Gasteiger partial charge is 0.227 e. The minimum atomic E-state index is 0.194. The highest BCUT2D eigenvalue weighted by atomic mass is 16.5. The molecular formula is C20H24N2O2. The maximum absolute atomic E-state index is 12.6. The summed E-state index contributed by atoms with van der Waals surface area (Å²) in [6, 6.07) is 18.4. The summed E-state index contributed by atoms with van der Waals surface area (Å²) in [5.74, 6) is 1.01. The molecule has 1 amide bonds. The van der Waals surface area contributed by atoms with Crippen molar-refractivity contribution in [3.8, 4) is 5.75 Å². The lowest BCUT2D eigenvalue weighted by molar-refractivity contribution is -0.131. The average molecular weight is 324 g/mol. The van der Waals surface area contributed by atoms with Crippen LogP contribution in [0.25, 0.3) is 0 Å². The highest BCUT2D eigenvalue weighted by Gasteiger charge is 2.26. The van der Waals surface area contributed by atoms with Gasteiger partial charge in [-0.15, -0.1) is 0 Å². The van der Waals surface area contributed by atoms with Gasteiger partial charge in [-0.05, 0) is 36.8 Å². The zero-order valence-electron chi connectivity index (χ0n) is 14.3. The van der Waals surface area contributed by atoms with Crippen molar-refractivity contribution in [2.75, 3.05) is 31.6 Å². The van der Waals surface area contributed by atoms with Crippen molar-refractivity contribution in [3.05, 3.63) is 60.2 Å². The van der Waals surface area contributed by atoms with Crippen LogP contribution in [0, 0.1) is 0 Å². The van der Waals surface area contributed by atoms with Gasteiger partial charge in [0, 0.05) is 31.4 Å². The van der Waals surface area contributed by atoms with Crippen molar-refractivity contribution in [2.45, 2.75) is 19.4 Å². The molecule has 0 aliphatic carbocycles. The first kappa shape index (κ1) is 16.4. The maximum atomic E-state index is 12.6. The Labute approximate surface area is 143 Å². The van der Waals surface area contributed by atoms with E-state index in [2.05, 4.69) is 36.1 Å². The van der Waals surface area contributed by atoms with Gasteiger partial charge in [0.25, 0.3) is 0 Å². The minimum Gasteiger partial charge on any atom is -0.497 e. The number of piperazine rings is 1. The van der Waals surface area contributed by atoms with E-state index in [1.54, 1.807) is 7.11 Å².